The maximum absolute atomic E-state index is 15.3. The van der Waals surface area contributed by atoms with E-state index >= 15 is 9.59 Å². The minimum Gasteiger partial charge on any atom is -0.508 e. The molecule has 4 atom stereocenters. The summed E-state index contributed by atoms with van der Waals surface area (Å²) in [7, 11) is 0. The van der Waals surface area contributed by atoms with Crippen LogP contribution >= 0.6 is 0 Å². The molecule has 1 aromatic carbocycles. The van der Waals surface area contributed by atoms with Crippen molar-refractivity contribution in [1.82, 2.24) is 0 Å². The molecule has 0 aromatic heterocycles. The van der Waals surface area contributed by atoms with Gasteiger partial charge in [-0.2, -0.15) is 0 Å². The zero-order valence-corrected chi connectivity index (χ0v) is 27.6. The molecule has 0 unspecified atom stereocenters. The molecule has 0 amide bonds. The average Bonchev–Trinajstić information content (AvgIpc) is 2.89. The highest BCUT2D eigenvalue weighted by atomic mass is 16.5. The van der Waals surface area contributed by atoms with Crippen LogP contribution in [0.4, 0.5) is 0 Å². The van der Waals surface area contributed by atoms with Gasteiger partial charge in [-0.05, 0) is 116 Å². The third kappa shape index (κ3) is 5.38. The number of ether oxygens (including phenoxy) is 1. The van der Waals surface area contributed by atoms with Crippen LogP contribution in [0.25, 0.3) is 0 Å². The van der Waals surface area contributed by atoms with Crippen LogP contribution in [0.1, 0.15) is 111 Å². The van der Waals surface area contributed by atoms with Crippen molar-refractivity contribution >= 4 is 17.3 Å². The molecule has 5 nitrogen and oxygen atoms in total. The van der Waals surface area contributed by atoms with E-state index in [1.807, 2.05) is 54.5 Å². The Morgan fingerprint density at radius 3 is 2.21 bits per heavy atom. The quantitative estimate of drug-likeness (QED) is 0.135. The van der Waals surface area contributed by atoms with E-state index in [2.05, 4.69) is 26.5 Å². The molecule has 1 aromatic rings. The molecule has 1 heterocycles. The molecule has 2 fully saturated rings. The lowest BCUT2D eigenvalue weighted by Crippen LogP contribution is -2.69. The number of Topliss-reactive ketones (excluding diaryl/α,β-unsaturated/α-hetero) is 3. The lowest BCUT2D eigenvalue weighted by Gasteiger charge is -2.64. The molecular weight excluding hydrogens is 536 g/mol. The smallest absolute Gasteiger partial charge is 0.200 e. The highest BCUT2D eigenvalue weighted by Crippen LogP contribution is 2.69. The Morgan fingerprint density at radius 1 is 1.00 bits per heavy atom. The fraction of sp³-hybridized carbons (Fsp3) is 0.553. The molecular formula is C38H50O5. The Bertz CT molecular complexity index is 1440. The molecule has 2 aliphatic carbocycles. The van der Waals surface area contributed by atoms with Crippen LogP contribution in [0.15, 0.2) is 71.0 Å². The molecule has 43 heavy (non-hydrogen) atoms. The predicted molar refractivity (Wildman–Crippen MR) is 172 cm³/mol. The van der Waals surface area contributed by atoms with E-state index in [1.165, 1.54) is 17.7 Å². The third-order valence-electron chi connectivity index (χ3n) is 10.6. The van der Waals surface area contributed by atoms with Crippen LogP contribution in [0.3, 0.4) is 0 Å². The predicted octanol–water partition coefficient (Wildman–Crippen LogP) is 8.88. The summed E-state index contributed by atoms with van der Waals surface area (Å²) in [5.74, 6) is -0.822. The Kier molecular flexibility index (Phi) is 8.65. The highest BCUT2D eigenvalue weighted by Gasteiger charge is 2.74. The first kappa shape index (κ1) is 32.7. The summed E-state index contributed by atoms with van der Waals surface area (Å²) in [5, 5.41) is 10.2. The Balaban J connectivity index is 2.08. The van der Waals surface area contributed by atoms with Gasteiger partial charge in [0.1, 0.15) is 28.1 Å². The van der Waals surface area contributed by atoms with Gasteiger partial charge in [-0.1, -0.05) is 54.9 Å². The molecule has 0 radical (unpaired) electrons. The number of fused-ring (bicyclic) bond motifs is 1. The molecule has 2 bridgehead atoms. The summed E-state index contributed by atoms with van der Waals surface area (Å²) in [6, 6.07) is 6.09. The Labute approximate surface area is 258 Å². The van der Waals surface area contributed by atoms with Crippen LogP contribution in [0.5, 0.6) is 5.75 Å². The molecule has 3 aliphatic rings. The standard InChI is InChI=1S/C38H50O5/c1-23(2)14-16-27-21-37-22-28(17-15-24(3)4)36(9,10)43-33(37)30(31(40)26-12-11-13-29(39)20-26)32(41)38(34(37)42,35(27,7)8)19-18-25(5)6/h11-14,18,20,27-28,39H,3,15-17,19,21-22H2,1-2,4-10H3/t27-,28+,37+,38+/m0/s1. The van der Waals surface area contributed by atoms with Gasteiger partial charge in [-0.25, -0.2) is 0 Å². The number of hydrogen-bond acceptors (Lipinski definition) is 5. The zero-order chi connectivity index (χ0) is 32.1. The van der Waals surface area contributed by atoms with Gasteiger partial charge in [0.15, 0.2) is 17.3 Å². The number of carbonyl (C=O) groups excluding carboxylic acids is 3. The maximum Gasteiger partial charge on any atom is 0.200 e. The number of benzene rings is 1. The van der Waals surface area contributed by atoms with Crippen LogP contribution in [-0.4, -0.2) is 28.1 Å². The zero-order valence-electron chi connectivity index (χ0n) is 27.6. The van der Waals surface area contributed by atoms with Crippen molar-refractivity contribution in [3.8, 4) is 5.75 Å². The third-order valence-corrected chi connectivity index (χ3v) is 10.6. The van der Waals surface area contributed by atoms with Gasteiger partial charge in [0.05, 0.1) is 5.41 Å². The van der Waals surface area contributed by atoms with Crippen molar-refractivity contribution in [3.63, 3.8) is 0 Å². The second-order valence-electron chi connectivity index (χ2n) is 15.0. The lowest BCUT2D eigenvalue weighted by atomic mass is 9.39. The number of rotatable bonds is 9. The van der Waals surface area contributed by atoms with Gasteiger partial charge in [0.2, 0.25) is 0 Å². The van der Waals surface area contributed by atoms with E-state index in [0.717, 1.165) is 30.4 Å². The largest absolute Gasteiger partial charge is 0.508 e. The molecule has 1 aliphatic heterocycles. The summed E-state index contributed by atoms with van der Waals surface area (Å²) in [6.07, 6.45) is 7.81. The van der Waals surface area contributed by atoms with Crippen LogP contribution in [-0.2, 0) is 14.3 Å². The van der Waals surface area contributed by atoms with E-state index < -0.39 is 33.4 Å². The molecule has 1 spiro atoms. The van der Waals surface area contributed by atoms with E-state index in [9.17, 15) is 9.90 Å². The summed E-state index contributed by atoms with van der Waals surface area (Å²) in [5.41, 5.74) is -0.507. The molecule has 1 saturated carbocycles. The average molecular weight is 587 g/mol. The maximum atomic E-state index is 15.3. The summed E-state index contributed by atoms with van der Waals surface area (Å²) in [4.78, 5) is 44.9. The van der Waals surface area contributed by atoms with Crippen LogP contribution < -0.4 is 0 Å². The monoisotopic (exact) mass is 586 g/mol. The topological polar surface area (TPSA) is 80.7 Å². The summed E-state index contributed by atoms with van der Waals surface area (Å²) in [6.45, 7) is 22.3. The normalized spacial score (nSPS) is 28.9. The molecule has 5 heteroatoms. The van der Waals surface area contributed by atoms with Crippen molar-refractivity contribution in [3.05, 3.63) is 76.6 Å². The molecule has 1 saturated heterocycles. The molecule has 1 N–H and O–H groups in total. The molecule has 4 rings (SSSR count). The molecule has 232 valence electrons. The first-order valence-corrected chi connectivity index (χ1v) is 15.7. The summed E-state index contributed by atoms with van der Waals surface area (Å²) < 4.78 is 6.83. The van der Waals surface area contributed by atoms with Gasteiger partial charge in [-0.15, -0.1) is 6.58 Å². The Hall–Kier alpha value is -3.21. The first-order chi connectivity index (χ1) is 19.9. The van der Waals surface area contributed by atoms with Gasteiger partial charge in [0.25, 0.3) is 0 Å². The fourth-order valence-electron chi connectivity index (χ4n) is 7.83. The second-order valence-corrected chi connectivity index (χ2v) is 15.0. The van der Waals surface area contributed by atoms with Gasteiger partial charge < -0.3 is 9.84 Å². The summed E-state index contributed by atoms with van der Waals surface area (Å²) >= 11 is 0. The second kappa shape index (κ2) is 11.4. The van der Waals surface area contributed by atoms with Crippen LogP contribution in [0, 0.1) is 28.1 Å². The van der Waals surface area contributed by atoms with Crippen molar-refractivity contribution in [2.24, 2.45) is 28.1 Å². The number of aromatic hydroxyl groups is 1. The van der Waals surface area contributed by atoms with Gasteiger partial charge in [0, 0.05) is 5.56 Å². The minimum absolute atomic E-state index is 0.00800. The SMILES string of the molecule is C=C(C)CC[C@@H]1C[C@]23C[C@H](CC=C(C)C)C(C)(C)[C@](CC=C(C)C)(C(=O)C(C(=O)c4cccc(O)c4)=C2OC1(C)C)C3=O. The highest BCUT2D eigenvalue weighted by molar-refractivity contribution is 6.35. The number of phenolic OH excluding ortho intramolecular Hbond substituents is 1. The van der Waals surface area contributed by atoms with Gasteiger partial charge >= 0.3 is 0 Å². The number of allylic oxidation sites excluding steroid dienone is 7. The lowest BCUT2D eigenvalue weighted by molar-refractivity contribution is -0.189. The number of carbonyl (C=O) groups is 3. The van der Waals surface area contributed by atoms with Crippen molar-refractivity contribution in [1.29, 1.82) is 0 Å². The first-order valence-electron chi connectivity index (χ1n) is 15.7. The van der Waals surface area contributed by atoms with Crippen molar-refractivity contribution in [2.45, 2.75) is 106 Å². The van der Waals surface area contributed by atoms with E-state index in [1.54, 1.807) is 12.1 Å². The van der Waals surface area contributed by atoms with Crippen molar-refractivity contribution < 1.29 is 24.2 Å². The number of phenols is 1. The van der Waals surface area contributed by atoms with Crippen molar-refractivity contribution in [2.75, 3.05) is 0 Å². The minimum atomic E-state index is -1.43. The van der Waals surface area contributed by atoms with Gasteiger partial charge in [-0.3, -0.25) is 14.4 Å². The van der Waals surface area contributed by atoms with E-state index in [-0.39, 0.29) is 46.7 Å². The van der Waals surface area contributed by atoms with Crippen LogP contribution in [0.2, 0.25) is 0 Å². The number of ketones is 3. The Morgan fingerprint density at radius 2 is 1.63 bits per heavy atom. The van der Waals surface area contributed by atoms with E-state index in [4.69, 9.17) is 4.74 Å². The van der Waals surface area contributed by atoms with E-state index in [0.29, 0.717) is 12.8 Å². The fourth-order valence-corrected chi connectivity index (χ4v) is 7.83. The number of hydrogen-bond donors (Lipinski definition) is 1.